The summed E-state index contributed by atoms with van der Waals surface area (Å²) < 4.78 is 25.4. The lowest BCUT2D eigenvalue weighted by Crippen LogP contribution is -2.38. The predicted octanol–water partition coefficient (Wildman–Crippen LogP) is 3.09. The average Bonchev–Trinajstić information content (AvgIpc) is 2.81. The summed E-state index contributed by atoms with van der Waals surface area (Å²) in [5.41, 5.74) is 8.25. The number of morpholine rings is 1. The van der Waals surface area contributed by atoms with E-state index in [-0.39, 0.29) is 18.2 Å². The maximum Gasteiger partial charge on any atom is 0.228 e. The molecule has 1 fully saturated rings. The van der Waals surface area contributed by atoms with Crippen molar-refractivity contribution in [3.63, 3.8) is 0 Å². The number of aliphatic imine (C=N–C) groups is 1. The fourth-order valence-corrected chi connectivity index (χ4v) is 3.72. The van der Waals surface area contributed by atoms with E-state index in [4.69, 9.17) is 15.2 Å². The molecule has 1 amide bonds. The third-order valence-electron chi connectivity index (χ3n) is 5.66. The van der Waals surface area contributed by atoms with Crippen LogP contribution in [0.15, 0.2) is 59.3 Å². The number of rotatable bonds is 9. The van der Waals surface area contributed by atoms with Crippen molar-refractivity contribution < 1.29 is 18.7 Å². The van der Waals surface area contributed by atoms with Crippen LogP contribution in [-0.4, -0.2) is 69.2 Å². The molecule has 7 nitrogen and oxygen atoms in total. The Morgan fingerprint density at radius 2 is 2.18 bits per heavy atom. The fourth-order valence-electron chi connectivity index (χ4n) is 3.72. The Morgan fingerprint density at radius 3 is 2.88 bits per heavy atom. The van der Waals surface area contributed by atoms with Crippen molar-refractivity contribution in [1.82, 2.24) is 4.90 Å². The summed E-state index contributed by atoms with van der Waals surface area (Å²) in [5.74, 6) is 0.272. The Labute approximate surface area is 194 Å². The minimum atomic E-state index is -1.07. The van der Waals surface area contributed by atoms with Gasteiger partial charge in [-0.3, -0.25) is 14.7 Å². The van der Waals surface area contributed by atoms with Gasteiger partial charge in [0.15, 0.2) is 0 Å². The van der Waals surface area contributed by atoms with Gasteiger partial charge in [0.05, 0.1) is 25.3 Å². The number of hydrogen-bond donors (Lipinski definition) is 2. The second kappa shape index (κ2) is 12.3. The Hall–Kier alpha value is -2.97. The number of carbonyl (C=O) groups is 1. The molecule has 2 atom stereocenters. The molecule has 0 radical (unpaired) electrons. The molecule has 1 saturated heterocycles. The zero-order valence-electron chi connectivity index (χ0n) is 19.3. The standard InChI is InChI=1S/C25H33FN4O3/c1-18-3-4-19(15-22(18)26)16-25(31)29-20-5-6-24(21(17-20)23(28-2)7-8-27)33-14-11-30-9-12-32-13-10-30/h3-8,15,17-18,22H,9-14,16,27H2,1-2H3,(H,29,31). The maximum atomic E-state index is 13.9. The van der Waals surface area contributed by atoms with Crippen LogP contribution in [0.1, 0.15) is 18.9 Å². The van der Waals surface area contributed by atoms with Gasteiger partial charge in [-0.2, -0.15) is 0 Å². The first-order valence-electron chi connectivity index (χ1n) is 11.3. The van der Waals surface area contributed by atoms with Gasteiger partial charge in [-0.05, 0) is 42.1 Å². The third kappa shape index (κ3) is 7.27. The van der Waals surface area contributed by atoms with E-state index < -0.39 is 6.17 Å². The molecule has 1 aliphatic heterocycles. The van der Waals surface area contributed by atoms with E-state index >= 15 is 0 Å². The highest BCUT2D eigenvalue weighted by Crippen LogP contribution is 2.26. The van der Waals surface area contributed by atoms with Gasteiger partial charge in [0.2, 0.25) is 5.91 Å². The number of allylic oxidation sites excluding steroid dienone is 4. The molecule has 1 heterocycles. The summed E-state index contributed by atoms with van der Waals surface area (Å²) in [6, 6.07) is 5.42. The zero-order chi connectivity index (χ0) is 23.6. The van der Waals surface area contributed by atoms with Crippen molar-refractivity contribution >= 4 is 17.3 Å². The Bertz CT molecular complexity index is 936. The van der Waals surface area contributed by atoms with E-state index in [1.807, 2.05) is 25.1 Å². The van der Waals surface area contributed by atoms with Crippen LogP contribution in [-0.2, 0) is 9.53 Å². The van der Waals surface area contributed by atoms with E-state index in [0.717, 1.165) is 38.4 Å². The summed E-state index contributed by atoms with van der Waals surface area (Å²) in [6.07, 6.45) is 7.26. The minimum absolute atomic E-state index is 0.105. The molecule has 1 aliphatic carbocycles. The van der Waals surface area contributed by atoms with Crippen molar-refractivity contribution in [2.45, 2.75) is 19.5 Å². The van der Waals surface area contributed by atoms with Gasteiger partial charge in [-0.1, -0.05) is 19.1 Å². The SMILES string of the molecule is CN=C(C=CN)c1cc(NC(=O)CC2=CC(F)C(C)C=C2)ccc1OCCN1CCOCC1. The highest BCUT2D eigenvalue weighted by atomic mass is 19.1. The number of nitrogens with zero attached hydrogens (tertiary/aromatic N) is 2. The number of amides is 1. The second-order valence-electron chi connectivity index (χ2n) is 8.11. The molecule has 0 aromatic heterocycles. The van der Waals surface area contributed by atoms with E-state index in [0.29, 0.717) is 29.3 Å². The molecule has 0 spiro atoms. The summed E-state index contributed by atoms with van der Waals surface area (Å²) in [5, 5.41) is 2.89. The minimum Gasteiger partial charge on any atom is -0.492 e. The van der Waals surface area contributed by atoms with Gasteiger partial charge >= 0.3 is 0 Å². The number of carbonyl (C=O) groups excluding carboxylic acids is 1. The number of halogens is 1. The molecular weight excluding hydrogens is 423 g/mol. The first-order chi connectivity index (χ1) is 16.0. The van der Waals surface area contributed by atoms with Gasteiger partial charge < -0.3 is 20.5 Å². The molecular formula is C25H33FN4O3. The molecule has 1 aromatic rings. The molecule has 3 rings (SSSR count). The third-order valence-corrected chi connectivity index (χ3v) is 5.66. The van der Waals surface area contributed by atoms with Gasteiger partial charge in [0.25, 0.3) is 0 Å². The molecule has 178 valence electrons. The van der Waals surface area contributed by atoms with E-state index in [1.165, 1.54) is 12.3 Å². The Balaban J connectivity index is 1.68. The lowest BCUT2D eigenvalue weighted by molar-refractivity contribution is -0.115. The van der Waals surface area contributed by atoms with Crippen molar-refractivity contribution in [3.8, 4) is 5.75 Å². The highest BCUT2D eigenvalue weighted by Gasteiger charge is 2.18. The van der Waals surface area contributed by atoms with Gasteiger partial charge in [0, 0.05) is 43.9 Å². The highest BCUT2D eigenvalue weighted by molar-refractivity contribution is 6.11. The fraction of sp³-hybridized carbons (Fsp3) is 0.440. The first kappa shape index (κ1) is 24.7. The predicted molar refractivity (Wildman–Crippen MR) is 130 cm³/mol. The second-order valence-corrected chi connectivity index (χ2v) is 8.11. The molecule has 0 saturated carbocycles. The molecule has 0 bridgehead atoms. The quantitative estimate of drug-likeness (QED) is 0.558. The van der Waals surface area contributed by atoms with Crippen LogP contribution >= 0.6 is 0 Å². The van der Waals surface area contributed by atoms with Crippen LogP contribution in [0.25, 0.3) is 0 Å². The molecule has 2 aliphatic rings. The largest absolute Gasteiger partial charge is 0.492 e. The van der Waals surface area contributed by atoms with Crippen LogP contribution < -0.4 is 15.8 Å². The lowest BCUT2D eigenvalue weighted by atomic mass is 9.95. The average molecular weight is 457 g/mol. The summed E-state index contributed by atoms with van der Waals surface area (Å²) in [4.78, 5) is 19.2. The van der Waals surface area contributed by atoms with Crippen LogP contribution in [0.5, 0.6) is 5.75 Å². The number of nitrogens with one attached hydrogen (secondary N) is 1. The van der Waals surface area contributed by atoms with E-state index in [2.05, 4.69) is 15.2 Å². The van der Waals surface area contributed by atoms with Crippen LogP contribution in [0.3, 0.4) is 0 Å². The number of nitrogens with two attached hydrogens (primary N) is 1. The molecule has 2 unspecified atom stereocenters. The molecule has 33 heavy (non-hydrogen) atoms. The van der Waals surface area contributed by atoms with E-state index in [1.54, 1.807) is 25.3 Å². The summed E-state index contributed by atoms with van der Waals surface area (Å²) >= 11 is 0. The monoisotopic (exact) mass is 456 g/mol. The van der Waals surface area contributed by atoms with Crippen LogP contribution in [0.2, 0.25) is 0 Å². The van der Waals surface area contributed by atoms with Gasteiger partial charge in [0.1, 0.15) is 18.5 Å². The number of alkyl halides is 1. The Morgan fingerprint density at radius 1 is 1.39 bits per heavy atom. The van der Waals surface area contributed by atoms with Gasteiger partial charge in [-0.15, -0.1) is 0 Å². The normalized spacial score (nSPS) is 21.8. The number of ether oxygens (including phenoxy) is 2. The number of anilines is 1. The van der Waals surface area contributed by atoms with E-state index in [9.17, 15) is 9.18 Å². The smallest absolute Gasteiger partial charge is 0.228 e. The number of hydrogen-bond acceptors (Lipinski definition) is 6. The Kier molecular flexibility index (Phi) is 9.21. The van der Waals surface area contributed by atoms with Crippen molar-refractivity contribution in [1.29, 1.82) is 0 Å². The van der Waals surface area contributed by atoms with Crippen molar-refractivity contribution in [2.24, 2.45) is 16.6 Å². The van der Waals surface area contributed by atoms with Crippen molar-refractivity contribution in [3.05, 3.63) is 59.8 Å². The zero-order valence-corrected chi connectivity index (χ0v) is 19.3. The molecule has 3 N–H and O–H groups in total. The first-order valence-corrected chi connectivity index (χ1v) is 11.3. The van der Waals surface area contributed by atoms with Crippen LogP contribution in [0, 0.1) is 5.92 Å². The molecule has 1 aromatic carbocycles. The summed E-state index contributed by atoms with van der Waals surface area (Å²) in [6.45, 7) is 6.40. The summed E-state index contributed by atoms with van der Waals surface area (Å²) in [7, 11) is 1.67. The number of benzene rings is 1. The van der Waals surface area contributed by atoms with Gasteiger partial charge in [-0.25, -0.2) is 4.39 Å². The van der Waals surface area contributed by atoms with Crippen molar-refractivity contribution in [2.75, 3.05) is 51.8 Å². The molecule has 8 heteroatoms. The topological polar surface area (TPSA) is 89.2 Å². The van der Waals surface area contributed by atoms with Crippen LogP contribution in [0.4, 0.5) is 10.1 Å². The maximum absolute atomic E-state index is 13.9. The lowest BCUT2D eigenvalue weighted by Gasteiger charge is -2.26.